The lowest BCUT2D eigenvalue weighted by molar-refractivity contribution is -0.138. The SMILES string of the molecule is C=C/C(C(=O)OCC)=C(/NC(=O)OC(C)(C)C)c1ccccc1Cl. The van der Waals surface area contributed by atoms with Crippen LogP contribution in [0.3, 0.4) is 0 Å². The number of nitrogens with one attached hydrogen (secondary N) is 1. The van der Waals surface area contributed by atoms with E-state index in [0.29, 0.717) is 10.6 Å². The van der Waals surface area contributed by atoms with Gasteiger partial charge in [-0.3, -0.25) is 5.32 Å². The molecule has 0 saturated heterocycles. The van der Waals surface area contributed by atoms with Crippen LogP contribution in [0.2, 0.25) is 5.02 Å². The van der Waals surface area contributed by atoms with Gasteiger partial charge in [-0.15, -0.1) is 0 Å². The average Bonchev–Trinajstić information content (AvgIpc) is 2.46. The van der Waals surface area contributed by atoms with Crippen LogP contribution in [0.15, 0.2) is 42.5 Å². The molecule has 1 aromatic rings. The Morgan fingerprint density at radius 3 is 2.42 bits per heavy atom. The minimum atomic E-state index is -0.707. The van der Waals surface area contributed by atoms with Crippen molar-refractivity contribution in [3.05, 3.63) is 53.1 Å². The number of carbonyl (C=O) groups is 2. The third-order valence-corrected chi connectivity index (χ3v) is 3.07. The van der Waals surface area contributed by atoms with Gasteiger partial charge >= 0.3 is 12.1 Å². The molecule has 1 N–H and O–H groups in total. The van der Waals surface area contributed by atoms with Gasteiger partial charge in [-0.1, -0.05) is 42.5 Å². The predicted octanol–water partition coefficient (Wildman–Crippen LogP) is 4.32. The highest BCUT2D eigenvalue weighted by Gasteiger charge is 2.22. The van der Waals surface area contributed by atoms with Crippen molar-refractivity contribution >= 4 is 29.4 Å². The maximum Gasteiger partial charge on any atom is 0.412 e. The molecular formula is C18H22ClNO4. The molecule has 0 fully saturated rings. The number of esters is 1. The van der Waals surface area contributed by atoms with Crippen LogP contribution in [0.1, 0.15) is 33.3 Å². The number of halogens is 1. The molecule has 0 heterocycles. The molecule has 0 aliphatic carbocycles. The number of carbonyl (C=O) groups excluding carboxylic acids is 2. The van der Waals surface area contributed by atoms with Crippen LogP contribution >= 0.6 is 11.6 Å². The fourth-order valence-corrected chi connectivity index (χ4v) is 2.08. The van der Waals surface area contributed by atoms with E-state index in [2.05, 4.69) is 11.9 Å². The van der Waals surface area contributed by atoms with Crippen molar-refractivity contribution in [2.24, 2.45) is 0 Å². The lowest BCUT2D eigenvalue weighted by Gasteiger charge is -2.21. The second-order valence-corrected chi connectivity index (χ2v) is 6.23. The van der Waals surface area contributed by atoms with E-state index >= 15 is 0 Å². The number of alkyl carbamates (subject to hydrolysis) is 1. The van der Waals surface area contributed by atoms with Crippen LogP contribution in [0.5, 0.6) is 0 Å². The number of rotatable bonds is 5. The molecule has 0 radical (unpaired) electrons. The van der Waals surface area contributed by atoms with E-state index in [0.717, 1.165) is 0 Å². The summed E-state index contributed by atoms with van der Waals surface area (Å²) < 4.78 is 10.3. The molecule has 130 valence electrons. The third kappa shape index (κ3) is 5.74. The lowest BCUT2D eigenvalue weighted by Crippen LogP contribution is -2.32. The molecule has 1 amide bonds. The van der Waals surface area contributed by atoms with Crippen molar-refractivity contribution in [1.29, 1.82) is 0 Å². The minimum absolute atomic E-state index is 0.0933. The highest BCUT2D eigenvalue weighted by Crippen LogP contribution is 2.26. The molecule has 0 unspecified atom stereocenters. The van der Waals surface area contributed by atoms with Crippen LogP contribution in [0.4, 0.5) is 4.79 Å². The van der Waals surface area contributed by atoms with Gasteiger partial charge in [0.15, 0.2) is 0 Å². The molecule has 0 aromatic heterocycles. The normalized spacial score (nSPS) is 12.0. The minimum Gasteiger partial charge on any atom is -0.462 e. The second kappa shape index (κ2) is 8.55. The number of amides is 1. The van der Waals surface area contributed by atoms with Gasteiger partial charge in [0.25, 0.3) is 0 Å². The summed E-state index contributed by atoms with van der Waals surface area (Å²) in [6.07, 6.45) is 0.606. The average molecular weight is 352 g/mol. The smallest absolute Gasteiger partial charge is 0.412 e. The van der Waals surface area contributed by atoms with Gasteiger partial charge in [-0.2, -0.15) is 0 Å². The predicted molar refractivity (Wildman–Crippen MR) is 94.6 cm³/mol. The van der Waals surface area contributed by atoms with Crippen molar-refractivity contribution in [2.45, 2.75) is 33.3 Å². The molecule has 5 nitrogen and oxygen atoms in total. The molecule has 0 aliphatic heterocycles. The van der Waals surface area contributed by atoms with Gasteiger partial charge in [0, 0.05) is 10.6 Å². The van der Waals surface area contributed by atoms with Crippen LogP contribution in [0.25, 0.3) is 5.70 Å². The molecule has 6 heteroatoms. The van der Waals surface area contributed by atoms with Gasteiger partial charge < -0.3 is 9.47 Å². The molecule has 24 heavy (non-hydrogen) atoms. The molecule has 0 bridgehead atoms. The van der Waals surface area contributed by atoms with Crippen molar-refractivity contribution in [1.82, 2.24) is 5.32 Å². The van der Waals surface area contributed by atoms with E-state index in [4.69, 9.17) is 21.1 Å². The topological polar surface area (TPSA) is 64.6 Å². The molecule has 0 saturated carbocycles. The first kappa shape index (κ1) is 19.8. The Hall–Kier alpha value is -2.27. The first-order valence-electron chi connectivity index (χ1n) is 7.48. The zero-order chi connectivity index (χ0) is 18.3. The van der Waals surface area contributed by atoms with E-state index in [9.17, 15) is 9.59 Å². The maximum atomic E-state index is 12.2. The summed E-state index contributed by atoms with van der Waals surface area (Å²) in [6, 6.07) is 6.82. The van der Waals surface area contributed by atoms with Crippen molar-refractivity contribution in [3.63, 3.8) is 0 Å². The Morgan fingerprint density at radius 1 is 1.29 bits per heavy atom. The van der Waals surface area contributed by atoms with Gasteiger partial charge in [0.2, 0.25) is 0 Å². The molecule has 1 rings (SSSR count). The Kier molecular flexibility index (Phi) is 7.04. The lowest BCUT2D eigenvalue weighted by atomic mass is 10.1. The molecule has 0 atom stereocenters. The van der Waals surface area contributed by atoms with Crippen molar-refractivity contribution in [3.8, 4) is 0 Å². The highest BCUT2D eigenvalue weighted by atomic mass is 35.5. The number of hydrogen-bond donors (Lipinski definition) is 1. The van der Waals surface area contributed by atoms with Gasteiger partial charge in [0.1, 0.15) is 5.60 Å². The van der Waals surface area contributed by atoms with Crippen LogP contribution < -0.4 is 5.32 Å². The summed E-state index contributed by atoms with van der Waals surface area (Å²) in [5.41, 5.74) is 0.0561. The second-order valence-electron chi connectivity index (χ2n) is 5.82. The van der Waals surface area contributed by atoms with Crippen molar-refractivity contribution in [2.75, 3.05) is 6.61 Å². The van der Waals surface area contributed by atoms with Gasteiger partial charge in [-0.25, -0.2) is 9.59 Å². The zero-order valence-electron chi connectivity index (χ0n) is 14.3. The Balaban J connectivity index is 3.36. The van der Waals surface area contributed by atoms with E-state index in [-0.39, 0.29) is 17.9 Å². The van der Waals surface area contributed by atoms with Crippen LogP contribution in [0, 0.1) is 0 Å². The van der Waals surface area contributed by atoms with E-state index in [1.54, 1.807) is 52.0 Å². The van der Waals surface area contributed by atoms with Gasteiger partial charge in [-0.05, 0) is 33.8 Å². The first-order chi connectivity index (χ1) is 11.2. The van der Waals surface area contributed by atoms with E-state index in [1.165, 1.54) is 6.08 Å². The molecule has 0 spiro atoms. The Labute approximate surface area is 147 Å². The van der Waals surface area contributed by atoms with Crippen LogP contribution in [-0.2, 0) is 14.3 Å². The summed E-state index contributed by atoms with van der Waals surface area (Å²) in [5, 5.41) is 2.95. The van der Waals surface area contributed by atoms with E-state index < -0.39 is 17.7 Å². The molecular weight excluding hydrogens is 330 g/mol. The highest BCUT2D eigenvalue weighted by molar-refractivity contribution is 6.32. The summed E-state index contributed by atoms with van der Waals surface area (Å²) >= 11 is 6.21. The summed E-state index contributed by atoms with van der Waals surface area (Å²) in [6.45, 7) is 10.7. The zero-order valence-corrected chi connectivity index (χ0v) is 15.1. The van der Waals surface area contributed by atoms with Crippen LogP contribution in [-0.4, -0.2) is 24.3 Å². The number of hydrogen-bond acceptors (Lipinski definition) is 4. The standard InChI is InChI=1S/C18H22ClNO4/c1-6-12(16(21)23-7-2)15(13-10-8-9-11-14(13)19)20-17(22)24-18(3,4)5/h6,8-11H,1,7H2,2-5H3,(H,20,22)/b15-12-. The first-order valence-corrected chi connectivity index (χ1v) is 7.86. The maximum absolute atomic E-state index is 12.2. The van der Waals surface area contributed by atoms with Crippen molar-refractivity contribution < 1.29 is 19.1 Å². The summed E-state index contributed by atoms with van der Waals surface area (Å²) in [4.78, 5) is 24.3. The summed E-state index contributed by atoms with van der Waals surface area (Å²) in [5.74, 6) is -0.613. The summed E-state index contributed by atoms with van der Waals surface area (Å²) in [7, 11) is 0. The molecule has 0 aliphatic rings. The Morgan fingerprint density at radius 2 is 1.92 bits per heavy atom. The number of benzene rings is 1. The van der Waals surface area contributed by atoms with E-state index in [1.807, 2.05) is 0 Å². The fourth-order valence-electron chi connectivity index (χ4n) is 1.85. The largest absolute Gasteiger partial charge is 0.462 e. The fraction of sp³-hybridized carbons (Fsp3) is 0.333. The quantitative estimate of drug-likeness (QED) is 0.487. The van der Waals surface area contributed by atoms with Gasteiger partial charge in [0.05, 0.1) is 17.9 Å². The number of ether oxygens (including phenoxy) is 2. The molecule has 1 aromatic carbocycles. The Bertz CT molecular complexity index is 659. The monoisotopic (exact) mass is 351 g/mol. The third-order valence-electron chi connectivity index (χ3n) is 2.74.